The number of carbonyl (C=O) groups is 2. The number of aryl methyl sites for hydroxylation is 1. The fraction of sp³-hybridized carbons (Fsp3) is 0.158. The molecule has 5 heteroatoms. The van der Waals surface area contributed by atoms with Crippen LogP contribution in [0.1, 0.15) is 22.3 Å². The van der Waals surface area contributed by atoms with Gasteiger partial charge in [-0.25, -0.2) is 0 Å². The third kappa shape index (κ3) is 5.15. The molecule has 0 saturated carbocycles. The maximum absolute atomic E-state index is 12.2. The summed E-state index contributed by atoms with van der Waals surface area (Å²) in [6, 6.07) is 14.2. The zero-order valence-corrected chi connectivity index (χ0v) is 13.8. The highest BCUT2D eigenvalue weighted by atomic mass is 35.5. The predicted molar refractivity (Wildman–Crippen MR) is 96.0 cm³/mol. The largest absolute Gasteiger partial charge is 0.341 e. The van der Waals surface area contributed by atoms with Crippen molar-refractivity contribution in [3.63, 3.8) is 0 Å². The van der Waals surface area contributed by atoms with Gasteiger partial charge in [0.15, 0.2) is 0 Å². The van der Waals surface area contributed by atoms with Crippen LogP contribution in [-0.4, -0.2) is 18.4 Å². The quantitative estimate of drug-likeness (QED) is 0.793. The number of rotatable bonds is 6. The monoisotopic (exact) mass is 340 g/mol. The van der Waals surface area contributed by atoms with Gasteiger partial charge in [0, 0.05) is 11.4 Å². The third-order valence-electron chi connectivity index (χ3n) is 3.33. The van der Waals surface area contributed by atoms with Crippen LogP contribution in [0.15, 0.2) is 48.5 Å². The molecule has 2 N–H and O–H groups in total. The number of anilines is 1. The number of nitrogens with one attached hydrogen (secondary N) is 2. The second-order valence-corrected chi connectivity index (χ2v) is 5.55. The van der Waals surface area contributed by atoms with Gasteiger partial charge in [-0.15, -0.1) is 6.42 Å². The summed E-state index contributed by atoms with van der Waals surface area (Å²) in [5.41, 5.74) is 1.82. The van der Waals surface area contributed by atoms with Crippen molar-refractivity contribution in [1.29, 1.82) is 0 Å². The van der Waals surface area contributed by atoms with E-state index in [-0.39, 0.29) is 18.4 Å². The molecule has 2 aromatic rings. The van der Waals surface area contributed by atoms with Crippen LogP contribution in [0.5, 0.6) is 0 Å². The smallest absolute Gasteiger partial charge is 0.254 e. The van der Waals surface area contributed by atoms with E-state index in [2.05, 4.69) is 16.6 Å². The Balaban J connectivity index is 1.99. The Bertz CT molecular complexity index is 781. The van der Waals surface area contributed by atoms with Gasteiger partial charge in [0.25, 0.3) is 5.91 Å². The first-order valence-electron chi connectivity index (χ1n) is 7.45. The van der Waals surface area contributed by atoms with Gasteiger partial charge in [-0.3, -0.25) is 9.59 Å². The lowest BCUT2D eigenvalue weighted by atomic mass is 10.1. The second kappa shape index (κ2) is 8.76. The summed E-state index contributed by atoms with van der Waals surface area (Å²) in [7, 11) is 0. The van der Waals surface area contributed by atoms with Crippen molar-refractivity contribution in [3.05, 3.63) is 64.7 Å². The minimum Gasteiger partial charge on any atom is -0.341 e. The normalized spacial score (nSPS) is 9.83. The summed E-state index contributed by atoms with van der Waals surface area (Å²) >= 11 is 5.93. The molecule has 24 heavy (non-hydrogen) atoms. The molecular weight excluding hydrogens is 324 g/mol. The van der Waals surface area contributed by atoms with Gasteiger partial charge in [-0.05, 0) is 36.2 Å². The van der Waals surface area contributed by atoms with Crippen molar-refractivity contribution in [2.24, 2.45) is 0 Å². The highest BCUT2D eigenvalue weighted by Gasteiger charge is 2.12. The average Bonchev–Trinajstić information content (AvgIpc) is 2.58. The van der Waals surface area contributed by atoms with Crippen molar-refractivity contribution >= 4 is 29.1 Å². The summed E-state index contributed by atoms with van der Waals surface area (Å²) < 4.78 is 0. The SMILES string of the molecule is C#CCNC(=O)c1ccccc1NC(=O)CCc1cccc(Cl)c1. The van der Waals surface area contributed by atoms with Crippen molar-refractivity contribution < 1.29 is 9.59 Å². The van der Waals surface area contributed by atoms with Gasteiger partial charge in [-0.2, -0.15) is 0 Å². The molecule has 0 aliphatic carbocycles. The Morgan fingerprint density at radius 1 is 1.12 bits per heavy atom. The third-order valence-corrected chi connectivity index (χ3v) is 3.56. The van der Waals surface area contributed by atoms with E-state index < -0.39 is 0 Å². The van der Waals surface area contributed by atoms with Crippen LogP contribution in [0.2, 0.25) is 5.02 Å². The van der Waals surface area contributed by atoms with E-state index in [1.54, 1.807) is 30.3 Å². The number of para-hydroxylation sites is 1. The molecule has 0 aliphatic rings. The topological polar surface area (TPSA) is 58.2 Å². The van der Waals surface area contributed by atoms with E-state index in [1.807, 2.05) is 18.2 Å². The van der Waals surface area contributed by atoms with Crippen molar-refractivity contribution in [1.82, 2.24) is 5.32 Å². The van der Waals surface area contributed by atoms with Crippen molar-refractivity contribution in [3.8, 4) is 12.3 Å². The van der Waals surface area contributed by atoms with E-state index in [4.69, 9.17) is 18.0 Å². The molecule has 0 heterocycles. The van der Waals surface area contributed by atoms with Crippen LogP contribution >= 0.6 is 11.6 Å². The number of hydrogen-bond donors (Lipinski definition) is 2. The Labute approximate surface area is 146 Å². The molecule has 0 unspecified atom stereocenters. The molecule has 0 aliphatic heterocycles. The summed E-state index contributed by atoms with van der Waals surface area (Å²) in [6.07, 6.45) is 5.99. The Morgan fingerprint density at radius 3 is 2.67 bits per heavy atom. The van der Waals surface area contributed by atoms with Crippen LogP contribution in [0.3, 0.4) is 0 Å². The van der Waals surface area contributed by atoms with Crippen LogP contribution in [0.25, 0.3) is 0 Å². The molecule has 2 rings (SSSR count). The number of carbonyl (C=O) groups excluding carboxylic acids is 2. The van der Waals surface area contributed by atoms with E-state index in [0.717, 1.165) is 5.56 Å². The highest BCUT2D eigenvalue weighted by Crippen LogP contribution is 2.16. The molecule has 0 atom stereocenters. The molecule has 2 aromatic carbocycles. The van der Waals surface area contributed by atoms with Crippen LogP contribution in [0, 0.1) is 12.3 Å². The minimum atomic E-state index is -0.321. The Morgan fingerprint density at radius 2 is 1.92 bits per heavy atom. The molecule has 0 radical (unpaired) electrons. The van der Waals surface area contributed by atoms with Gasteiger partial charge in [-0.1, -0.05) is 41.8 Å². The van der Waals surface area contributed by atoms with Gasteiger partial charge in [0.05, 0.1) is 17.8 Å². The molecule has 0 fully saturated rings. The first-order chi connectivity index (χ1) is 11.6. The summed E-state index contributed by atoms with van der Waals surface area (Å²) in [5, 5.41) is 6.00. The number of terminal acetylenes is 1. The summed E-state index contributed by atoms with van der Waals surface area (Å²) in [6.45, 7) is 0.135. The molecular formula is C19H17ClN2O2. The van der Waals surface area contributed by atoms with Gasteiger partial charge < -0.3 is 10.6 Å². The van der Waals surface area contributed by atoms with E-state index >= 15 is 0 Å². The standard InChI is InChI=1S/C19H17ClN2O2/c1-2-12-21-19(24)16-8-3-4-9-17(16)22-18(23)11-10-14-6-5-7-15(20)13-14/h1,3-9,13H,10-12H2,(H,21,24)(H,22,23). The molecule has 0 aromatic heterocycles. The molecule has 4 nitrogen and oxygen atoms in total. The first kappa shape index (κ1) is 17.6. The number of amides is 2. The molecule has 0 bridgehead atoms. The lowest BCUT2D eigenvalue weighted by Crippen LogP contribution is -2.25. The predicted octanol–water partition coefficient (Wildman–Crippen LogP) is 3.27. The van der Waals surface area contributed by atoms with Crippen LogP contribution in [-0.2, 0) is 11.2 Å². The zero-order valence-electron chi connectivity index (χ0n) is 13.0. The van der Waals surface area contributed by atoms with Crippen molar-refractivity contribution in [2.75, 3.05) is 11.9 Å². The molecule has 0 spiro atoms. The maximum atomic E-state index is 12.2. The minimum absolute atomic E-state index is 0.135. The summed E-state index contributed by atoms with van der Waals surface area (Å²) in [5.74, 6) is 1.85. The Kier molecular flexibility index (Phi) is 6.41. The zero-order chi connectivity index (χ0) is 17.4. The number of halogens is 1. The fourth-order valence-corrected chi connectivity index (χ4v) is 2.39. The van der Waals surface area contributed by atoms with Crippen LogP contribution in [0.4, 0.5) is 5.69 Å². The van der Waals surface area contributed by atoms with Gasteiger partial charge in [0.2, 0.25) is 5.91 Å². The van der Waals surface area contributed by atoms with Gasteiger partial charge >= 0.3 is 0 Å². The maximum Gasteiger partial charge on any atom is 0.254 e. The molecule has 122 valence electrons. The number of benzene rings is 2. The molecule has 2 amide bonds. The average molecular weight is 341 g/mol. The fourth-order valence-electron chi connectivity index (χ4n) is 2.18. The number of hydrogen-bond acceptors (Lipinski definition) is 2. The molecule has 0 saturated heterocycles. The highest BCUT2D eigenvalue weighted by molar-refractivity contribution is 6.30. The second-order valence-electron chi connectivity index (χ2n) is 5.11. The van der Waals surface area contributed by atoms with Crippen molar-refractivity contribution in [2.45, 2.75) is 12.8 Å². The first-order valence-corrected chi connectivity index (χ1v) is 7.83. The van der Waals surface area contributed by atoms with E-state index in [1.165, 1.54) is 0 Å². The summed E-state index contributed by atoms with van der Waals surface area (Å²) in [4.78, 5) is 24.2. The van der Waals surface area contributed by atoms with E-state index in [9.17, 15) is 9.59 Å². The lowest BCUT2D eigenvalue weighted by molar-refractivity contribution is -0.116. The van der Waals surface area contributed by atoms with Gasteiger partial charge in [0.1, 0.15) is 0 Å². The van der Waals surface area contributed by atoms with Crippen LogP contribution < -0.4 is 10.6 Å². The van der Waals surface area contributed by atoms with E-state index in [0.29, 0.717) is 29.1 Å². The lowest BCUT2D eigenvalue weighted by Gasteiger charge is -2.10. The Hall–Kier alpha value is -2.77.